The minimum atomic E-state index is -3.99. The van der Waals surface area contributed by atoms with E-state index in [1.54, 1.807) is 45.0 Å². The zero-order valence-corrected chi connectivity index (χ0v) is 20.6. The van der Waals surface area contributed by atoms with Crippen LogP contribution in [0.25, 0.3) is 0 Å². The van der Waals surface area contributed by atoms with Gasteiger partial charge in [-0.05, 0) is 61.6 Å². The van der Waals surface area contributed by atoms with Gasteiger partial charge in [-0.1, -0.05) is 45.0 Å². The molecule has 2 aromatic rings. The fraction of sp³-hybridized carbons (Fsp3) is 0.458. The average Bonchev–Trinajstić information content (AvgIpc) is 2.66. The molecule has 0 radical (unpaired) electrons. The second-order valence-electron chi connectivity index (χ2n) is 9.76. The third kappa shape index (κ3) is 7.24. The Balaban J connectivity index is 2.04. The van der Waals surface area contributed by atoms with Gasteiger partial charge in [0.1, 0.15) is 16.2 Å². The van der Waals surface area contributed by atoms with Gasteiger partial charge in [0.15, 0.2) is 0 Å². The minimum absolute atomic E-state index is 0.0214. The molecule has 0 aliphatic heterocycles. The molecule has 0 spiro atoms. The number of carbonyl (C=O) groups excluding carboxylic acids is 1. The van der Waals surface area contributed by atoms with Crippen LogP contribution in [-0.4, -0.2) is 43.7 Å². The molecule has 7 nitrogen and oxygen atoms in total. The molecular formula is C24H33NO6S. The second-order valence-corrected chi connectivity index (χ2v) is 11.3. The molecule has 176 valence electrons. The smallest absolute Gasteiger partial charge is 0.410 e. The lowest BCUT2D eigenvalue weighted by atomic mass is 9.87. The molecule has 0 aliphatic carbocycles. The van der Waals surface area contributed by atoms with Crippen LogP contribution >= 0.6 is 0 Å². The summed E-state index contributed by atoms with van der Waals surface area (Å²) in [4.78, 5) is 13.4. The lowest BCUT2D eigenvalue weighted by molar-refractivity contribution is 0.0205. The van der Waals surface area contributed by atoms with Gasteiger partial charge in [-0.15, -0.1) is 0 Å². The van der Waals surface area contributed by atoms with Gasteiger partial charge in [0.05, 0.1) is 12.6 Å². The normalized spacial score (nSPS) is 13.4. The zero-order valence-electron chi connectivity index (χ0n) is 19.7. The quantitative estimate of drug-likeness (QED) is 0.627. The number of nitrogens with zero attached hydrogens (tertiary/aromatic N) is 1. The number of hydrogen-bond donors (Lipinski definition) is 1. The first kappa shape index (κ1) is 25.7. The molecule has 0 aromatic heterocycles. The average molecular weight is 464 g/mol. The molecule has 32 heavy (non-hydrogen) atoms. The number of benzene rings is 2. The van der Waals surface area contributed by atoms with Crippen LogP contribution < -0.4 is 4.18 Å². The van der Waals surface area contributed by atoms with Gasteiger partial charge in [-0.2, -0.15) is 8.42 Å². The third-order valence-electron chi connectivity index (χ3n) is 4.63. The van der Waals surface area contributed by atoms with Gasteiger partial charge < -0.3 is 18.9 Å². The first-order valence-electron chi connectivity index (χ1n) is 10.4. The molecule has 1 unspecified atom stereocenters. The van der Waals surface area contributed by atoms with E-state index >= 15 is 0 Å². The highest BCUT2D eigenvalue weighted by molar-refractivity contribution is 7.87. The van der Waals surface area contributed by atoms with Crippen molar-refractivity contribution in [2.24, 2.45) is 0 Å². The number of aliphatic hydroxyl groups excluding tert-OH is 1. The van der Waals surface area contributed by atoms with Crippen molar-refractivity contribution in [2.45, 2.75) is 63.6 Å². The largest absolute Gasteiger partial charge is 0.444 e. The summed E-state index contributed by atoms with van der Waals surface area (Å²) in [5, 5.41) is 10.4. The Morgan fingerprint density at radius 2 is 1.50 bits per heavy atom. The maximum atomic E-state index is 12.6. The maximum Gasteiger partial charge on any atom is 0.410 e. The van der Waals surface area contributed by atoms with E-state index in [2.05, 4.69) is 0 Å². The Morgan fingerprint density at radius 1 is 0.969 bits per heavy atom. The van der Waals surface area contributed by atoms with Crippen molar-refractivity contribution in [3.8, 4) is 5.75 Å². The van der Waals surface area contributed by atoms with E-state index < -0.39 is 27.9 Å². The Kier molecular flexibility index (Phi) is 7.63. The fourth-order valence-electron chi connectivity index (χ4n) is 2.82. The van der Waals surface area contributed by atoms with Crippen LogP contribution in [0.1, 0.15) is 58.8 Å². The predicted molar refractivity (Wildman–Crippen MR) is 123 cm³/mol. The van der Waals surface area contributed by atoms with Crippen molar-refractivity contribution in [1.29, 1.82) is 0 Å². The lowest BCUT2D eigenvalue weighted by Crippen LogP contribution is -2.36. The Hall–Kier alpha value is -2.58. The summed E-state index contributed by atoms with van der Waals surface area (Å²) >= 11 is 0. The fourth-order valence-corrected chi connectivity index (χ4v) is 3.75. The first-order valence-corrected chi connectivity index (χ1v) is 11.8. The number of carbonyl (C=O) groups is 1. The Morgan fingerprint density at radius 3 is 1.97 bits per heavy atom. The van der Waals surface area contributed by atoms with Crippen molar-refractivity contribution in [3.63, 3.8) is 0 Å². The van der Waals surface area contributed by atoms with Gasteiger partial charge in [0.2, 0.25) is 0 Å². The van der Waals surface area contributed by atoms with E-state index in [0.717, 1.165) is 5.56 Å². The SMILES string of the molecule is CN(CC(O)c1ccc(OS(=O)(=O)c2ccc(C(C)(C)C)cc2)cc1)C(=O)OC(C)(C)C. The van der Waals surface area contributed by atoms with Crippen molar-refractivity contribution in [1.82, 2.24) is 4.90 Å². The van der Waals surface area contributed by atoms with Crippen molar-refractivity contribution in [2.75, 3.05) is 13.6 Å². The van der Waals surface area contributed by atoms with Crippen LogP contribution in [0.3, 0.4) is 0 Å². The number of likely N-dealkylation sites (N-methyl/N-ethyl adjacent to an activating group) is 1. The molecule has 2 rings (SSSR count). The highest BCUT2D eigenvalue weighted by Gasteiger charge is 2.23. The molecule has 0 fully saturated rings. The van der Waals surface area contributed by atoms with Crippen LogP contribution in [0, 0.1) is 0 Å². The highest BCUT2D eigenvalue weighted by atomic mass is 32.2. The molecule has 0 heterocycles. The van der Waals surface area contributed by atoms with Gasteiger partial charge in [0.25, 0.3) is 0 Å². The van der Waals surface area contributed by atoms with E-state index in [4.69, 9.17) is 8.92 Å². The number of ether oxygens (including phenoxy) is 1. The summed E-state index contributed by atoms with van der Waals surface area (Å²) in [5.74, 6) is 0.126. The Labute approximate surface area is 191 Å². The Bertz CT molecular complexity index is 1020. The molecule has 0 bridgehead atoms. The van der Waals surface area contributed by atoms with E-state index in [1.165, 1.54) is 36.2 Å². The molecule has 1 N–H and O–H groups in total. The molecule has 0 aliphatic rings. The predicted octanol–water partition coefficient (Wildman–Crippen LogP) is 4.65. The van der Waals surface area contributed by atoms with Crippen LogP contribution in [0.5, 0.6) is 5.75 Å². The lowest BCUT2D eigenvalue weighted by Gasteiger charge is -2.26. The molecule has 0 saturated heterocycles. The summed E-state index contributed by atoms with van der Waals surface area (Å²) in [7, 11) is -2.45. The summed E-state index contributed by atoms with van der Waals surface area (Å²) in [6, 6.07) is 12.7. The van der Waals surface area contributed by atoms with E-state index in [1.807, 2.05) is 20.8 Å². The van der Waals surface area contributed by atoms with Crippen molar-refractivity contribution in [3.05, 3.63) is 59.7 Å². The molecule has 0 saturated carbocycles. The number of amides is 1. The van der Waals surface area contributed by atoms with Crippen LogP contribution in [0.4, 0.5) is 4.79 Å². The van der Waals surface area contributed by atoms with Gasteiger partial charge >= 0.3 is 16.2 Å². The number of aliphatic hydroxyl groups is 1. The summed E-state index contributed by atoms with van der Waals surface area (Å²) < 4.78 is 35.7. The topological polar surface area (TPSA) is 93.1 Å². The second kappa shape index (κ2) is 9.50. The molecule has 2 aromatic carbocycles. The van der Waals surface area contributed by atoms with Crippen LogP contribution in [0.15, 0.2) is 53.4 Å². The highest BCUT2D eigenvalue weighted by Crippen LogP contribution is 2.26. The molecular weight excluding hydrogens is 430 g/mol. The van der Waals surface area contributed by atoms with Crippen LogP contribution in [0.2, 0.25) is 0 Å². The van der Waals surface area contributed by atoms with Crippen molar-refractivity contribution < 1.29 is 27.2 Å². The minimum Gasteiger partial charge on any atom is -0.444 e. The van der Waals surface area contributed by atoms with E-state index in [0.29, 0.717) is 5.56 Å². The summed E-state index contributed by atoms with van der Waals surface area (Å²) in [5.41, 5.74) is 0.816. The van der Waals surface area contributed by atoms with Crippen LogP contribution in [-0.2, 0) is 20.3 Å². The summed E-state index contributed by atoms with van der Waals surface area (Å²) in [6.45, 7) is 11.5. The maximum absolute atomic E-state index is 12.6. The number of hydrogen-bond acceptors (Lipinski definition) is 6. The van der Waals surface area contributed by atoms with Gasteiger partial charge in [0, 0.05) is 7.05 Å². The van der Waals surface area contributed by atoms with Gasteiger partial charge in [-0.3, -0.25) is 0 Å². The standard InChI is InChI=1S/C24H33NO6S/c1-23(2,3)18-10-14-20(15-11-18)32(28,29)31-19-12-8-17(9-13-19)21(26)16-25(7)22(27)30-24(4,5)6/h8-15,21,26H,16H2,1-7H3. The third-order valence-corrected chi connectivity index (χ3v) is 5.89. The van der Waals surface area contributed by atoms with E-state index in [9.17, 15) is 18.3 Å². The van der Waals surface area contributed by atoms with Gasteiger partial charge in [-0.25, -0.2) is 4.79 Å². The van der Waals surface area contributed by atoms with Crippen molar-refractivity contribution >= 4 is 16.2 Å². The number of rotatable bonds is 6. The first-order chi connectivity index (χ1) is 14.6. The van der Waals surface area contributed by atoms with E-state index in [-0.39, 0.29) is 22.6 Å². The molecule has 1 amide bonds. The molecule has 8 heteroatoms. The monoisotopic (exact) mass is 463 g/mol. The zero-order chi connectivity index (χ0) is 24.3. The molecule has 1 atom stereocenters. The summed E-state index contributed by atoms with van der Waals surface area (Å²) in [6.07, 6.45) is -1.51.